The number of hydrogen-bond donors (Lipinski definition) is 1. The van der Waals surface area contributed by atoms with Crippen LogP contribution in [0.5, 0.6) is 5.75 Å². The van der Waals surface area contributed by atoms with E-state index in [9.17, 15) is 9.59 Å². The van der Waals surface area contributed by atoms with Crippen molar-refractivity contribution < 1.29 is 14.3 Å². The molecule has 1 heterocycles. The highest BCUT2D eigenvalue weighted by Crippen LogP contribution is 2.27. The number of halogens is 1. The maximum Gasteiger partial charge on any atom is 0.293 e. The molecule has 0 fully saturated rings. The molecule has 17 heavy (non-hydrogen) atoms. The molecule has 1 aromatic carbocycles. The summed E-state index contributed by atoms with van der Waals surface area (Å²) in [5, 5.41) is -0.349. The van der Waals surface area contributed by atoms with Crippen molar-refractivity contribution in [2.24, 2.45) is 0 Å². The third kappa shape index (κ3) is 1.91. The fourth-order valence-corrected chi connectivity index (χ4v) is 1.92. The first-order valence-corrected chi connectivity index (χ1v) is 5.33. The van der Waals surface area contributed by atoms with Crippen molar-refractivity contribution in [3.8, 4) is 5.75 Å². The fraction of sp³-hybridized carbons (Fsp3) is 0.167. The molecule has 0 spiro atoms. The van der Waals surface area contributed by atoms with Crippen molar-refractivity contribution in [3.63, 3.8) is 0 Å². The molecule has 0 saturated carbocycles. The first kappa shape index (κ1) is 11.7. The van der Waals surface area contributed by atoms with E-state index < -0.39 is 11.0 Å². The summed E-state index contributed by atoms with van der Waals surface area (Å²) in [5.41, 5.74) is 1.69. The van der Waals surface area contributed by atoms with Crippen LogP contribution in [0.2, 0.25) is 0 Å². The number of ketones is 1. The van der Waals surface area contributed by atoms with Gasteiger partial charge in [0, 0.05) is 16.6 Å². The Bertz CT molecular complexity index is 615. The topological polar surface area (TPSA) is 59.2 Å². The molecule has 0 radical (unpaired) electrons. The van der Waals surface area contributed by atoms with Crippen LogP contribution in [-0.4, -0.2) is 23.1 Å². The molecule has 0 saturated heterocycles. The summed E-state index contributed by atoms with van der Waals surface area (Å²) in [7, 11) is 1.54. The van der Waals surface area contributed by atoms with Crippen molar-refractivity contribution >= 4 is 33.5 Å². The van der Waals surface area contributed by atoms with Gasteiger partial charge in [0.1, 0.15) is 5.75 Å². The largest absolute Gasteiger partial charge is 0.497 e. The number of benzene rings is 1. The highest BCUT2D eigenvalue weighted by atomic mass is 35.5. The molecule has 0 aliphatic heterocycles. The van der Waals surface area contributed by atoms with E-state index in [1.807, 2.05) is 0 Å². The quantitative estimate of drug-likeness (QED) is 0.518. The highest BCUT2D eigenvalue weighted by Gasteiger charge is 2.21. The van der Waals surface area contributed by atoms with Gasteiger partial charge in [-0.05, 0) is 36.7 Å². The first-order valence-electron chi connectivity index (χ1n) is 4.95. The van der Waals surface area contributed by atoms with Gasteiger partial charge in [0.2, 0.25) is 5.78 Å². The minimum Gasteiger partial charge on any atom is -0.497 e. The number of ether oxygens (including phenoxy) is 1. The molecule has 5 heteroatoms. The number of Topliss-reactive ketones (excluding diaryl/α,β-unsaturated/α-hetero) is 1. The van der Waals surface area contributed by atoms with Crippen LogP contribution in [0.4, 0.5) is 0 Å². The Morgan fingerprint density at radius 1 is 1.35 bits per heavy atom. The number of aromatic amines is 1. The van der Waals surface area contributed by atoms with E-state index in [1.54, 1.807) is 25.1 Å². The minimum absolute atomic E-state index is 0.305. The molecule has 0 atom stereocenters. The summed E-state index contributed by atoms with van der Waals surface area (Å²) in [6.45, 7) is 1.72. The van der Waals surface area contributed by atoms with Crippen molar-refractivity contribution in [1.82, 2.24) is 4.98 Å². The van der Waals surface area contributed by atoms with Gasteiger partial charge < -0.3 is 9.72 Å². The Morgan fingerprint density at radius 2 is 2.06 bits per heavy atom. The second-order valence-corrected chi connectivity index (χ2v) is 3.98. The predicted molar refractivity (Wildman–Crippen MR) is 64.8 cm³/mol. The van der Waals surface area contributed by atoms with Crippen molar-refractivity contribution in [2.45, 2.75) is 6.92 Å². The first-order chi connectivity index (χ1) is 8.04. The monoisotopic (exact) mass is 251 g/mol. The number of methoxy groups -OCH3 is 1. The molecular formula is C12H10ClNO3. The van der Waals surface area contributed by atoms with E-state index >= 15 is 0 Å². The van der Waals surface area contributed by atoms with E-state index in [0.29, 0.717) is 22.4 Å². The number of rotatable bonds is 3. The molecule has 0 aliphatic rings. The van der Waals surface area contributed by atoms with Crippen LogP contribution in [0.1, 0.15) is 16.1 Å². The Kier molecular flexibility index (Phi) is 2.90. The summed E-state index contributed by atoms with van der Waals surface area (Å²) >= 11 is 5.23. The van der Waals surface area contributed by atoms with E-state index in [-0.39, 0.29) is 0 Å². The molecule has 4 nitrogen and oxygen atoms in total. The number of aromatic nitrogens is 1. The highest BCUT2D eigenvalue weighted by molar-refractivity contribution is 6.83. The maximum absolute atomic E-state index is 11.7. The van der Waals surface area contributed by atoms with Gasteiger partial charge in [-0.25, -0.2) is 0 Å². The molecule has 0 bridgehead atoms. The summed E-state index contributed by atoms with van der Waals surface area (Å²) < 4.78 is 5.08. The van der Waals surface area contributed by atoms with Gasteiger partial charge in [0.15, 0.2) is 0 Å². The number of aryl methyl sites for hydroxylation is 1. The van der Waals surface area contributed by atoms with Crippen LogP contribution >= 0.6 is 11.6 Å². The van der Waals surface area contributed by atoms with Crippen molar-refractivity contribution in [1.29, 1.82) is 0 Å². The zero-order valence-corrected chi connectivity index (χ0v) is 10.1. The Hall–Kier alpha value is -1.81. The lowest BCUT2D eigenvalue weighted by molar-refractivity contribution is -0.108. The molecule has 0 aliphatic carbocycles. The summed E-state index contributed by atoms with van der Waals surface area (Å²) in [4.78, 5) is 25.7. The third-order valence-corrected chi connectivity index (χ3v) is 2.77. The number of nitrogens with one attached hydrogen (secondary N) is 1. The Labute approximate surface area is 103 Å². The van der Waals surface area contributed by atoms with Crippen molar-refractivity contribution in [2.75, 3.05) is 7.11 Å². The number of H-pyrrole nitrogens is 1. The Balaban J connectivity index is 2.72. The average Bonchev–Trinajstić information content (AvgIpc) is 2.62. The second-order valence-electron chi connectivity index (χ2n) is 3.64. The lowest BCUT2D eigenvalue weighted by Gasteiger charge is -2.00. The van der Waals surface area contributed by atoms with E-state index in [2.05, 4.69) is 4.98 Å². The summed E-state index contributed by atoms with van der Waals surface area (Å²) in [6.07, 6.45) is 0. The number of hydrogen-bond acceptors (Lipinski definition) is 3. The van der Waals surface area contributed by atoms with Crippen LogP contribution in [0.15, 0.2) is 18.2 Å². The third-order valence-electron chi connectivity index (χ3n) is 2.60. The van der Waals surface area contributed by atoms with Gasteiger partial charge in [0.25, 0.3) is 5.24 Å². The molecular weight excluding hydrogens is 242 g/mol. The zero-order chi connectivity index (χ0) is 12.6. The maximum atomic E-state index is 11.7. The van der Waals surface area contributed by atoms with Crippen LogP contribution in [0, 0.1) is 6.92 Å². The molecule has 2 rings (SSSR count). The van der Waals surface area contributed by atoms with Gasteiger partial charge in [-0.15, -0.1) is 0 Å². The Morgan fingerprint density at radius 3 is 2.65 bits per heavy atom. The van der Waals surface area contributed by atoms with Gasteiger partial charge >= 0.3 is 0 Å². The summed E-state index contributed by atoms with van der Waals surface area (Å²) in [5.74, 6) is -0.0868. The number of carbonyl (C=O) groups is 2. The van der Waals surface area contributed by atoms with Gasteiger partial charge in [-0.2, -0.15) is 0 Å². The zero-order valence-electron chi connectivity index (χ0n) is 9.33. The molecule has 1 N–H and O–H groups in total. The van der Waals surface area contributed by atoms with E-state index in [1.165, 1.54) is 7.11 Å². The van der Waals surface area contributed by atoms with E-state index in [0.717, 1.165) is 5.52 Å². The van der Waals surface area contributed by atoms with Crippen LogP contribution in [0.3, 0.4) is 0 Å². The number of carbonyl (C=O) groups excluding carboxylic acids is 2. The lowest BCUT2D eigenvalue weighted by atomic mass is 10.1. The van der Waals surface area contributed by atoms with E-state index in [4.69, 9.17) is 16.3 Å². The van der Waals surface area contributed by atoms with Crippen LogP contribution < -0.4 is 4.74 Å². The van der Waals surface area contributed by atoms with Crippen LogP contribution in [-0.2, 0) is 4.79 Å². The predicted octanol–water partition coefficient (Wildman–Crippen LogP) is 2.43. The molecule has 1 aromatic heterocycles. The molecule has 0 amide bonds. The SMILES string of the molecule is COc1ccc2[nH]c(C)c(C(=O)C(=O)Cl)c2c1. The number of fused-ring (bicyclic) bond motifs is 1. The molecule has 0 unspecified atom stereocenters. The normalized spacial score (nSPS) is 10.5. The van der Waals surface area contributed by atoms with Gasteiger partial charge in [-0.1, -0.05) is 0 Å². The fourth-order valence-electron chi connectivity index (χ4n) is 1.82. The molecule has 88 valence electrons. The average molecular weight is 252 g/mol. The second kappa shape index (κ2) is 4.22. The summed E-state index contributed by atoms with van der Waals surface area (Å²) in [6, 6.07) is 5.26. The van der Waals surface area contributed by atoms with Gasteiger partial charge in [0.05, 0.1) is 12.7 Å². The molecule has 2 aromatic rings. The lowest BCUT2D eigenvalue weighted by Crippen LogP contribution is -2.08. The van der Waals surface area contributed by atoms with Gasteiger partial charge in [-0.3, -0.25) is 9.59 Å². The van der Waals surface area contributed by atoms with Crippen LogP contribution in [0.25, 0.3) is 10.9 Å². The smallest absolute Gasteiger partial charge is 0.293 e. The van der Waals surface area contributed by atoms with Crippen molar-refractivity contribution in [3.05, 3.63) is 29.5 Å². The minimum atomic E-state index is -0.989. The standard InChI is InChI=1S/C12H10ClNO3/c1-6-10(11(15)12(13)16)8-5-7(17-2)3-4-9(8)14-6/h3-5,14H,1-2H3.